The molecular formula is C11H15Cl2NO. The van der Waals surface area contributed by atoms with E-state index in [-0.39, 0.29) is 19.0 Å². The Morgan fingerprint density at radius 2 is 1.93 bits per heavy atom. The predicted octanol–water partition coefficient (Wildman–Crippen LogP) is -1.85. The number of hydrogen-bond donors (Lipinski definition) is 2. The first-order valence-electron chi connectivity index (χ1n) is 5.06. The van der Waals surface area contributed by atoms with Crippen LogP contribution in [0.4, 0.5) is 5.69 Å². The molecule has 0 atom stereocenters. The van der Waals surface area contributed by atoms with Gasteiger partial charge in [-0.15, -0.1) is 0 Å². The van der Waals surface area contributed by atoms with Gasteiger partial charge in [-0.1, -0.05) is 17.7 Å². The molecule has 0 radical (unpaired) electrons. The average molecular weight is 248 g/mol. The number of aliphatic hydroxyl groups excluding tert-OH is 1. The van der Waals surface area contributed by atoms with Crippen molar-refractivity contribution in [3.63, 3.8) is 0 Å². The smallest absolute Gasteiger partial charge is 0.138 e. The van der Waals surface area contributed by atoms with E-state index in [9.17, 15) is 5.11 Å². The molecule has 0 spiro atoms. The van der Waals surface area contributed by atoms with E-state index in [4.69, 9.17) is 11.6 Å². The van der Waals surface area contributed by atoms with E-state index < -0.39 is 0 Å². The lowest BCUT2D eigenvalue weighted by atomic mass is 10.1. The summed E-state index contributed by atoms with van der Waals surface area (Å²) in [7, 11) is 0. The number of halogens is 2. The molecule has 15 heavy (non-hydrogen) atoms. The molecule has 1 saturated heterocycles. The highest BCUT2D eigenvalue weighted by molar-refractivity contribution is 6.31. The molecule has 2 nitrogen and oxygen atoms in total. The van der Waals surface area contributed by atoms with Crippen molar-refractivity contribution >= 4 is 17.3 Å². The topological polar surface area (TPSA) is 24.7 Å². The Morgan fingerprint density at radius 3 is 2.53 bits per heavy atom. The van der Waals surface area contributed by atoms with Crippen LogP contribution in [0.3, 0.4) is 0 Å². The number of nitrogens with one attached hydrogen (secondary N) is 1. The fourth-order valence-electron chi connectivity index (χ4n) is 2.12. The lowest BCUT2D eigenvalue weighted by molar-refractivity contribution is -0.818. The summed E-state index contributed by atoms with van der Waals surface area (Å²) in [5, 5.41) is 9.95. The molecule has 0 unspecified atom stereocenters. The standard InChI is InChI=1S/C11H14ClNO.ClH/c12-10-4-3-5-11(9(10)8-14)13-6-1-2-7-13;/h3-5,14H,1-2,6-8H2;1H. The van der Waals surface area contributed by atoms with Gasteiger partial charge >= 0.3 is 0 Å². The minimum atomic E-state index is 0. The molecule has 4 heteroatoms. The molecule has 1 heterocycles. The number of hydrogen-bond acceptors (Lipinski definition) is 1. The molecule has 1 aliphatic heterocycles. The van der Waals surface area contributed by atoms with Gasteiger partial charge in [-0.25, -0.2) is 0 Å². The van der Waals surface area contributed by atoms with Crippen molar-refractivity contribution in [1.29, 1.82) is 0 Å². The Labute approximate surface area is 101 Å². The van der Waals surface area contributed by atoms with Crippen molar-refractivity contribution < 1.29 is 22.4 Å². The normalized spacial score (nSPS) is 16.4. The van der Waals surface area contributed by atoms with E-state index in [1.54, 1.807) is 0 Å². The maximum absolute atomic E-state index is 9.26. The van der Waals surface area contributed by atoms with Crippen LogP contribution in [-0.2, 0) is 6.61 Å². The fourth-order valence-corrected chi connectivity index (χ4v) is 2.36. The summed E-state index contributed by atoms with van der Waals surface area (Å²) in [5.41, 5.74) is 2.07. The zero-order chi connectivity index (χ0) is 9.97. The molecule has 1 aliphatic rings. The highest BCUT2D eigenvalue weighted by Crippen LogP contribution is 2.22. The van der Waals surface area contributed by atoms with E-state index >= 15 is 0 Å². The van der Waals surface area contributed by atoms with Gasteiger partial charge in [0.15, 0.2) is 0 Å². The minimum absolute atomic E-state index is 0. The molecule has 2 N–H and O–H groups in total. The summed E-state index contributed by atoms with van der Waals surface area (Å²) in [5.74, 6) is 0. The molecule has 0 amide bonds. The van der Waals surface area contributed by atoms with Crippen LogP contribution in [0.1, 0.15) is 18.4 Å². The minimum Gasteiger partial charge on any atom is -1.00 e. The number of benzene rings is 1. The molecule has 2 rings (SSSR count). The third-order valence-electron chi connectivity index (χ3n) is 2.86. The zero-order valence-corrected chi connectivity index (χ0v) is 9.98. The van der Waals surface area contributed by atoms with Crippen LogP contribution in [0.2, 0.25) is 5.02 Å². The first-order chi connectivity index (χ1) is 6.83. The van der Waals surface area contributed by atoms with Gasteiger partial charge in [-0.3, -0.25) is 0 Å². The lowest BCUT2D eigenvalue weighted by Crippen LogP contribution is -3.05. The van der Waals surface area contributed by atoms with Gasteiger partial charge in [0.25, 0.3) is 0 Å². The van der Waals surface area contributed by atoms with Gasteiger partial charge in [0.1, 0.15) is 5.69 Å². The van der Waals surface area contributed by atoms with Crippen LogP contribution in [0.15, 0.2) is 18.2 Å². The van der Waals surface area contributed by atoms with E-state index in [1.807, 2.05) is 12.1 Å². The van der Waals surface area contributed by atoms with Crippen LogP contribution in [-0.4, -0.2) is 18.2 Å². The summed E-state index contributed by atoms with van der Waals surface area (Å²) in [6, 6.07) is 5.87. The molecule has 1 fully saturated rings. The van der Waals surface area contributed by atoms with Crippen molar-refractivity contribution in [3.05, 3.63) is 28.8 Å². The van der Waals surface area contributed by atoms with Crippen LogP contribution in [0.25, 0.3) is 0 Å². The number of aliphatic hydroxyl groups is 1. The third-order valence-corrected chi connectivity index (χ3v) is 3.22. The summed E-state index contributed by atoms with van der Waals surface area (Å²) < 4.78 is 0. The van der Waals surface area contributed by atoms with Gasteiger partial charge in [0.2, 0.25) is 0 Å². The maximum Gasteiger partial charge on any atom is 0.138 e. The summed E-state index contributed by atoms with van der Waals surface area (Å²) in [4.78, 5) is 1.46. The van der Waals surface area contributed by atoms with Gasteiger partial charge < -0.3 is 22.4 Å². The monoisotopic (exact) mass is 247 g/mol. The molecule has 84 valence electrons. The van der Waals surface area contributed by atoms with E-state index in [2.05, 4.69) is 6.07 Å². The average Bonchev–Trinajstić information content (AvgIpc) is 2.70. The van der Waals surface area contributed by atoms with Gasteiger partial charge in [0, 0.05) is 12.8 Å². The highest BCUT2D eigenvalue weighted by Gasteiger charge is 2.21. The van der Waals surface area contributed by atoms with E-state index in [0.29, 0.717) is 5.02 Å². The Balaban J connectivity index is 0.00000112. The Bertz CT molecular complexity index is 324. The second-order valence-electron chi connectivity index (χ2n) is 3.73. The summed E-state index contributed by atoms with van der Waals surface area (Å²) >= 11 is 6.03. The molecule has 0 bridgehead atoms. The van der Waals surface area contributed by atoms with Crippen molar-refractivity contribution in [1.82, 2.24) is 0 Å². The zero-order valence-electron chi connectivity index (χ0n) is 8.47. The van der Waals surface area contributed by atoms with Gasteiger partial charge in [-0.2, -0.15) is 0 Å². The molecule has 0 aliphatic carbocycles. The Kier molecular flexibility index (Phi) is 4.87. The molecule has 0 aromatic heterocycles. The van der Waals surface area contributed by atoms with Crippen molar-refractivity contribution in [2.75, 3.05) is 13.1 Å². The molecule has 0 saturated carbocycles. The van der Waals surface area contributed by atoms with Crippen molar-refractivity contribution in [2.45, 2.75) is 19.4 Å². The Hall–Kier alpha value is -0.280. The number of rotatable bonds is 2. The van der Waals surface area contributed by atoms with Crippen LogP contribution >= 0.6 is 11.6 Å². The van der Waals surface area contributed by atoms with Crippen LogP contribution in [0.5, 0.6) is 0 Å². The summed E-state index contributed by atoms with van der Waals surface area (Å²) in [6.45, 7) is 2.36. The third kappa shape index (κ3) is 2.64. The summed E-state index contributed by atoms with van der Waals surface area (Å²) in [6.07, 6.45) is 2.54. The number of quaternary nitrogens is 1. The quantitative estimate of drug-likeness (QED) is 0.631. The SMILES string of the molecule is OCc1c(Cl)cccc1[NH+]1CCCC1.[Cl-]. The van der Waals surface area contributed by atoms with Gasteiger partial charge in [-0.05, 0) is 12.1 Å². The first kappa shape index (κ1) is 12.8. The fraction of sp³-hybridized carbons (Fsp3) is 0.455. The van der Waals surface area contributed by atoms with Gasteiger partial charge in [0.05, 0.1) is 30.3 Å². The predicted molar refractivity (Wildman–Crippen MR) is 57.0 cm³/mol. The highest BCUT2D eigenvalue weighted by atomic mass is 35.5. The van der Waals surface area contributed by atoms with E-state index in [0.717, 1.165) is 18.7 Å². The van der Waals surface area contributed by atoms with Crippen LogP contribution < -0.4 is 17.3 Å². The van der Waals surface area contributed by atoms with E-state index in [1.165, 1.54) is 23.4 Å². The van der Waals surface area contributed by atoms with Crippen molar-refractivity contribution in [3.8, 4) is 0 Å². The maximum atomic E-state index is 9.26. The second kappa shape index (κ2) is 5.71. The Morgan fingerprint density at radius 1 is 1.27 bits per heavy atom. The molecular weight excluding hydrogens is 233 g/mol. The van der Waals surface area contributed by atoms with Crippen molar-refractivity contribution in [2.24, 2.45) is 0 Å². The second-order valence-corrected chi connectivity index (χ2v) is 4.14. The molecule has 1 aromatic rings. The largest absolute Gasteiger partial charge is 1.00 e. The van der Waals surface area contributed by atoms with Crippen LogP contribution in [0, 0.1) is 0 Å². The first-order valence-corrected chi connectivity index (χ1v) is 5.44. The molecule has 1 aromatic carbocycles. The lowest BCUT2D eigenvalue weighted by Gasteiger charge is -2.15.